The monoisotopic (exact) mass is 269 g/mol. The van der Waals surface area contributed by atoms with Crippen LogP contribution in [0.15, 0.2) is 0 Å². The van der Waals surface area contributed by atoms with E-state index in [9.17, 15) is 9.59 Å². The van der Waals surface area contributed by atoms with Crippen molar-refractivity contribution >= 4 is 11.8 Å². The van der Waals surface area contributed by atoms with Crippen molar-refractivity contribution < 1.29 is 9.59 Å². The molecule has 1 saturated heterocycles. The third-order valence-corrected chi connectivity index (χ3v) is 3.31. The van der Waals surface area contributed by atoms with E-state index in [4.69, 9.17) is 0 Å². The number of nitrogens with one attached hydrogen (secondary N) is 3. The van der Waals surface area contributed by atoms with Gasteiger partial charge in [0.2, 0.25) is 11.8 Å². The minimum Gasteiger partial charge on any atom is -0.350 e. The van der Waals surface area contributed by atoms with Gasteiger partial charge in [-0.2, -0.15) is 0 Å². The van der Waals surface area contributed by atoms with Gasteiger partial charge in [0.1, 0.15) is 0 Å². The van der Waals surface area contributed by atoms with Gasteiger partial charge in [0.05, 0.1) is 6.54 Å². The van der Waals surface area contributed by atoms with Crippen molar-refractivity contribution in [1.82, 2.24) is 16.0 Å². The van der Waals surface area contributed by atoms with Crippen molar-refractivity contribution in [3.63, 3.8) is 0 Å². The van der Waals surface area contributed by atoms with Crippen LogP contribution in [0.2, 0.25) is 0 Å². The molecule has 19 heavy (non-hydrogen) atoms. The quantitative estimate of drug-likeness (QED) is 0.702. The van der Waals surface area contributed by atoms with Gasteiger partial charge in [-0.15, -0.1) is 0 Å². The van der Waals surface area contributed by atoms with Crippen molar-refractivity contribution in [3.05, 3.63) is 0 Å². The van der Waals surface area contributed by atoms with Crippen LogP contribution in [0.5, 0.6) is 0 Å². The average Bonchev–Trinajstić information content (AvgIpc) is 2.27. The highest BCUT2D eigenvalue weighted by molar-refractivity contribution is 5.85. The number of hydrogen-bond donors (Lipinski definition) is 3. The summed E-state index contributed by atoms with van der Waals surface area (Å²) in [5, 5.41) is 8.91. The number of carbonyl (C=O) groups is 2. The van der Waals surface area contributed by atoms with E-state index in [2.05, 4.69) is 22.9 Å². The summed E-state index contributed by atoms with van der Waals surface area (Å²) in [5.41, 5.74) is -0.0532. The molecule has 0 radical (unpaired) electrons. The second-order valence-electron chi connectivity index (χ2n) is 6.66. The molecule has 0 aromatic carbocycles. The first kappa shape index (κ1) is 16.0. The van der Waals surface area contributed by atoms with E-state index in [1.165, 1.54) is 0 Å². The molecule has 0 bridgehead atoms. The topological polar surface area (TPSA) is 70.2 Å². The van der Waals surface area contributed by atoms with Crippen molar-refractivity contribution in [2.45, 2.75) is 46.6 Å². The molecule has 0 aromatic heterocycles. The van der Waals surface area contributed by atoms with Gasteiger partial charge < -0.3 is 16.0 Å². The summed E-state index contributed by atoms with van der Waals surface area (Å²) < 4.78 is 0. The lowest BCUT2D eigenvalue weighted by molar-refractivity contribution is -0.127. The largest absolute Gasteiger partial charge is 0.350 e. The molecule has 3 N–H and O–H groups in total. The number of hydrogen-bond acceptors (Lipinski definition) is 3. The van der Waals surface area contributed by atoms with Crippen LogP contribution < -0.4 is 16.0 Å². The Balaban J connectivity index is 2.26. The molecule has 1 heterocycles. The molecule has 1 rings (SSSR count). The Morgan fingerprint density at radius 2 is 1.95 bits per heavy atom. The fourth-order valence-corrected chi connectivity index (χ4v) is 2.16. The SMILES string of the molecule is CC1CCNCC1NC(=O)CNC(=O)CC(C)(C)C. The van der Waals surface area contributed by atoms with Crippen LogP contribution in [0.25, 0.3) is 0 Å². The molecule has 1 aliphatic rings. The zero-order valence-corrected chi connectivity index (χ0v) is 12.5. The Morgan fingerprint density at radius 1 is 1.26 bits per heavy atom. The van der Waals surface area contributed by atoms with Gasteiger partial charge in [0.25, 0.3) is 0 Å². The second-order valence-corrected chi connectivity index (χ2v) is 6.66. The molecule has 1 fully saturated rings. The third-order valence-electron chi connectivity index (χ3n) is 3.31. The van der Waals surface area contributed by atoms with Crippen LogP contribution in [0.3, 0.4) is 0 Å². The molecule has 2 amide bonds. The van der Waals surface area contributed by atoms with Crippen LogP contribution in [0.1, 0.15) is 40.5 Å². The molecule has 0 aromatic rings. The summed E-state index contributed by atoms with van der Waals surface area (Å²) in [6.45, 7) is 10.0. The molecule has 1 aliphatic heterocycles. The van der Waals surface area contributed by atoms with Gasteiger partial charge in [-0.3, -0.25) is 9.59 Å². The molecule has 5 nitrogen and oxygen atoms in total. The summed E-state index contributed by atoms with van der Waals surface area (Å²) in [6.07, 6.45) is 1.50. The fraction of sp³-hybridized carbons (Fsp3) is 0.857. The molecule has 2 atom stereocenters. The van der Waals surface area contributed by atoms with Crippen molar-refractivity contribution in [2.24, 2.45) is 11.3 Å². The molecule has 110 valence electrons. The maximum Gasteiger partial charge on any atom is 0.239 e. The predicted molar refractivity (Wildman–Crippen MR) is 75.7 cm³/mol. The lowest BCUT2D eigenvalue weighted by Gasteiger charge is -2.30. The minimum atomic E-state index is -0.109. The summed E-state index contributed by atoms with van der Waals surface area (Å²) in [6, 6.07) is 0.167. The Labute approximate surface area is 115 Å². The number of rotatable bonds is 4. The van der Waals surface area contributed by atoms with Gasteiger partial charge in [-0.25, -0.2) is 0 Å². The zero-order valence-electron chi connectivity index (χ0n) is 12.5. The van der Waals surface area contributed by atoms with E-state index >= 15 is 0 Å². The summed E-state index contributed by atoms with van der Waals surface area (Å²) in [5.74, 6) is 0.302. The summed E-state index contributed by atoms with van der Waals surface area (Å²) in [7, 11) is 0. The van der Waals surface area contributed by atoms with Gasteiger partial charge in [0, 0.05) is 19.0 Å². The standard InChI is InChI=1S/C14H27N3O2/c1-10-5-6-15-8-11(10)17-13(19)9-16-12(18)7-14(2,3)4/h10-11,15H,5-9H2,1-4H3,(H,16,18)(H,17,19). The van der Waals surface area contributed by atoms with E-state index in [-0.39, 0.29) is 29.8 Å². The molecular weight excluding hydrogens is 242 g/mol. The Kier molecular flexibility index (Phi) is 5.79. The first-order valence-electron chi connectivity index (χ1n) is 7.05. The van der Waals surface area contributed by atoms with Gasteiger partial charge in [0.15, 0.2) is 0 Å². The highest BCUT2D eigenvalue weighted by Crippen LogP contribution is 2.17. The molecule has 5 heteroatoms. The molecule has 0 saturated carbocycles. The maximum atomic E-state index is 11.8. The van der Waals surface area contributed by atoms with Gasteiger partial charge in [-0.05, 0) is 24.3 Å². The van der Waals surface area contributed by atoms with Crippen molar-refractivity contribution in [1.29, 1.82) is 0 Å². The smallest absolute Gasteiger partial charge is 0.239 e. The van der Waals surface area contributed by atoms with E-state index in [0.29, 0.717) is 12.3 Å². The molecule has 0 spiro atoms. The fourth-order valence-electron chi connectivity index (χ4n) is 2.16. The lowest BCUT2D eigenvalue weighted by Crippen LogP contribution is -2.52. The van der Waals surface area contributed by atoms with Crippen molar-refractivity contribution in [2.75, 3.05) is 19.6 Å². The molecule has 0 aliphatic carbocycles. The number of piperidine rings is 1. The van der Waals surface area contributed by atoms with Crippen molar-refractivity contribution in [3.8, 4) is 0 Å². The lowest BCUT2D eigenvalue weighted by atomic mass is 9.92. The maximum absolute atomic E-state index is 11.8. The average molecular weight is 269 g/mol. The molecule has 2 unspecified atom stereocenters. The van der Waals surface area contributed by atoms with Crippen LogP contribution in [-0.4, -0.2) is 37.5 Å². The number of amides is 2. The minimum absolute atomic E-state index is 0.0532. The summed E-state index contributed by atoms with van der Waals surface area (Å²) in [4.78, 5) is 23.4. The normalized spacial score (nSPS) is 23.8. The zero-order chi connectivity index (χ0) is 14.5. The van der Waals surface area contributed by atoms with E-state index < -0.39 is 0 Å². The highest BCUT2D eigenvalue weighted by atomic mass is 16.2. The Hall–Kier alpha value is -1.10. The van der Waals surface area contributed by atoms with Gasteiger partial charge in [-0.1, -0.05) is 27.7 Å². The van der Waals surface area contributed by atoms with Gasteiger partial charge >= 0.3 is 0 Å². The first-order valence-corrected chi connectivity index (χ1v) is 7.05. The second kappa shape index (κ2) is 6.89. The van der Waals surface area contributed by atoms with Crippen LogP contribution >= 0.6 is 0 Å². The van der Waals surface area contributed by atoms with Crippen LogP contribution in [0, 0.1) is 11.3 Å². The first-order chi connectivity index (χ1) is 8.78. The summed E-state index contributed by atoms with van der Waals surface area (Å²) >= 11 is 0. The van der Waals surface area contributed by atoms with Crippen LogP contribution in [-0.2, 0) is 9.59 Å². The Bertz CT molecular complexity index is 323. The van der Waals surface area contributed by atoms with E-state index in [1.54, 1.807) is 0 Å². The van der Waals surface area contributed by atoms with E-state index in [0.717, 1.165) is 19.5 Å². The molecular formula is C14H27N3O2. The number of carbonyl (C=O) groups excluding carboxylic acids is 2. The highest BCUT2D eigenvalue weighted by Gasteiger charge is 2.23. The third kappa shape index (κ3) is 6.57. The van der Waals surface area contributed by atoms with Crippen LogP contribution in [0.4, 0.5) is 0 Å². The predicted octanol–water partition coefficient (Wildman–Crippen LogP) is 0.653. The Morgan fingerprint density at radius 3 is 2.53 bits per heavy atom. The van der Waals surface area contributed by atoms with E-state index in [1.807, 2.05) is 20.8 Å².